The minimum absolute atomic E-state index is 0. The number of fused-ring (bicyclic) bond motifs is 9. The zero-order valence-electron chi connectivity index (χ0n) is 50.2. The van der Waals surface area contributed by atoms with Gasteiger partial charge in [-0.2, -0.15) is 4.31 Å². The van der Waals surface area contributed by atoms with Crippen LogP contribution in [0.1, 0.15) is 109 Å². The maximum absolute atomic E-state index is 13.4. The summed E-state index contributed by atoms with van der Waals surface area (Å²) in [5, 5.41) is 41.0. The van der Waals surface area contributed by atoms with Crippen LogP contribution in [0.25, 0.3) is 47.6 Å². The average Bonchev–Trinajstić information content (AvgIpc) is 1.88. The topological polar surface area (TPSA) is 457 Å². The molecule has 6 aromatic heterocycles. The number of carboxylic acids is 1. The molecule has 2 amide bonds. The number of hydrogen-bond acceptors (Lipinski definition) is 19. The molecule has 0 aromatic carbocycles. The summed E-state index contributed by atoms with van der Waals surface area (Å²) < 4.78 is 63.0. The van der Waals surface area contributed by atoms with Gasteiger partial charge in [0.15, 0.2) is 22.8 Å². The summed E-state index contributed by atoms with van der Waals surface area (Å²) in [5.74, 6) is -2.32. The van der Waals surface area contributed by atoms with Crippen molar-refractivity contribution in [2.75, 3.05) is 37.8 Å². The number of carboxylic acid groups (broad SMARTS) is 1. The zero-order chi connectivity index (χ0) is 65.1. The molecule has 90 heavy (non-hydrogen) atoms. The van der Waals surface area contributed by atoms with E-state index in [1.54, 1.807) is 0 Å². The molecule has 0 saturated carbocycles. The maximum atomic E-state index is 13.4. The summed E-state index contributed by atoms with van der Waals surface area (Å²) in [6.45, 7) is 12.0. The number of phosphoric ester groups is 3. The second-order valence-electron chi connectivity index (χ2n) is 21.7. The number of carbonyl (C=O) groups excluding carboxylic acids is 3. The molecule has 35 heteroatoms. The number of aromatic nitrogens is 8. The largest absolute Gasteiger partial charge is 0.657 e. The molecule has 1 saturated heterocycles. The Morgan fingerprint density at radius 2 is 1.38 bits per heavy atom. The molecule has 484 valence electrons. The molecule has 30 nitrogen and oxygen atoms in total. The zero-order valence-corrected chi connectivity index (χ0v) is 56.7. The minimum atomic E-state index is -5.64. The van der Waals surface area contributed by atoms with E-state index in [4.69, 9.17) is 39.5 Å². The van der Waals surface area contributed by atoms with Gasteiger partial charge in [0.1, 0.15) is 36.3 Å². The predicted octanol–water partition coefficient (Wildman–Crippen LogP) is -1.40. The molecule has 2 aliphatic rings. The van der Waals surface area contributed by atoms with E-state index in [0.717, 1.165) is 89.5 Å². The van der Waals surface area contributed by atoms with E-state index in [1.807, 2.05) is 78.0 Å². The average molecular weight is 1380 g/mol. The monoisotopic (exact) mass is 1380 g/mol. The summed E-state index contributed by atoms with van der Waals surface area (Å²) in [5.41, 5.74) is 12.1. The van der Waals surface area contributed by atoms with Gasteiger partial charge in [-0.25, -0.2) is 28.6 Å². The van der Waals surface area contributed by atoms with E-state index < -0.39 is 90.5 Å². The number of nitrogens with two attached hydrogens (primary N) is 1. The predicted molar refractivity (Wildman–Crippen MR) is 322 cm³/mol. The summed E-state index contributed by atoms with van der Waals surface area (Å²) in [7, 11) is -16.6. The van der Waals surface area contributed by atoms with Gasteiger partial charge in [0, 0.05) is 63.0 Å². The Labute approximate surface area is 530 Å². The second-order valence-corrected chi connectivity index (χ2v) is 27.0. The number of aliphatic hydroxyl groups is 2. The molecular weight excluding hydrogens is 1310 g/mol. The quantitative estimate of drug-likeness (QED) is 0.0179. The molecule has 7 atom stereocenters. The third-order valence-corrected chi connectivity index (χ3v) is 19.0. The molecule has 0 aliphatic carbocycles. The van der Waals surface area contributed by atoms with Gasteiger partial charge in [0.05, 0.1) is 19.5 Å². The van der Waals surface area contributed by atoms with Gasteiger partial charge in [-0.1, -0.05) is 95.4 Å². The van der Waals surface area contributed by atoms with E-state index >= 15 is 0 Å². The standard InChI is InChI=1S/C55H68N11O19P3S.Zn/c1-9-31-27(3)35-19-36-29(5)33(11-13-45(68)69)41(64-36)22-42-34(30(6)38(65-42)21-40-32(10-2)28(4)37(63-40)20-39(31)62-35)12-14-46(70)89-18-17-57-44(67)15-16-58-53(73)50(72)55(7,8)24-82-88(79,80)85-87(77,78)81-23-43-49(84-86(74,75)76)48(71)54(83-43)66-26-61-47-51(56)59-25-60-52(47)66;/h9-10,19-22,25-26,43,48-50,54,71-72H,11-18,23-24H2,1-8H3,(H,57,67)(H,58,73)(H,68,69)(H,77,78)(H,79,80)(H2,56,59,60)(H2,74,75,76);/q-4;/b31-9+,32-10+,36-19+,39-20-,40-21-,41-22?;. The van der Waals surface area contributed by atoms with Gasteiger partial charge in [-0.3, -0.25) is 37.3 Å². The number of aliphatic hydroxyl groups excluding tert-OH is 2. The van der Waals surface area contributed by atoms with Crippen LogP contribution < -0.4 is 68.1 Å². The number of thioether (sulfide) groups is 1. The Morgan fingerprint density at radius 1 is 0.778 bits per heavy atom. The van der Waals surface area contributed by atoms with Crippen LogP contribution in [0.15, 0.2) is 12.7 Å². The van der Waals surface area contributed by atoms with Crippen molar-refractivity contribution in [1.82, 2.24) is 50.1 Å². The number of phosphoric acid groups is 3. The molecule has 0 spiro atoms. The van der Waals surface area contributed by atoms with Gasteiger partial charge in [-0.05, 0) is 64.8 Å². The van der Waals surface area contributed by atoms with Crippen LogP contribution in [-0.4, -0.2) is 134 Å². The van der Waals surface area contributed by atoms with E-state index in [1.165, 1.54) is 13.8 Å². The van der Waals surface area contributed by atoms with Gasteiger partial charge in [0.2, 0.25) is 11.8 Å². The number of ether oxygens (including phenoxy) is 1. The smallest absolute Gasteiger partial charge is 0.481 e. The SMILES string of the molecule is C/C=c1\c(C)c2[n-]\c1=C/c1[n-]c(c(CCC(=O)SCCNC(=O)CCNC(=O)C(O)C(C)(C)COP(=O)(O)OP(=O)(O)OCC3OC(n4cnc5c(N)ncnc54)C(O)C3OP(=O)(O)O)c1C)C=c1[n-]/c(c(C)c1CCC(=O)O)=C/c1[n-]c(/c(=C/C)c1C)=C\2.[Zn]. The Morgan fingerprint density at radius 3 is 2.00 bits per heavy atom. The first-order valence-corrected chi connectivity index (χ1v) is 33.2. The van der Waals surface area contributed by atoms with Crippen molar-refractivity contribution in [3.8, 4) is 0 Å². The second kappa shape index (κ2) is 29.3. The third-order valence-electron chi connectivity index (χ3n) is 15.0. The van der Waals surface area contributed by atoms with E-state index in [2.05, 4.69) is 34.4 Å². The molecule has 6 aromatic rings. The van der Waals surface area contributed by atoms with Gasteiger partial charge < -0.3 is 75.9 Å². The number of nitrogens with zero attached hydrogens (tertiary/aromatic N) is 8. The van der Waals surface area contributed by atoms with Crippen LogP contribution in [-0.2, 0) is 87.8 Å². The Kier molecular flexibility index (Phi) is 23.3. The molecular formula is C55H68N11O19P3SZn-4. The number of amides is 2. The van der Waals surface area contributed by atoms with Crippen LogP contribution in [0.2, 0.25) is 0 Å². The van der Waals surface area contributed by atoms with Crippen LogP contribution >= 0.6 is 35.2 Å². The van der Waals surface area contributed by atoms with Crippen molar-refractivity contribution >= 4 is 112 Å². The van der Waals surface area contributed by atoms with E-state index in [-0.39, 0.29) is 86.1 Å². The molecule has 1 fully saturated rings. The fourth-order valence-corrected chi connectivity index (χ4v) is 13.7. The number of carbonyl (C=O) groups is 4. The van der Waals surface area contributed by atoms with Gasteiger partial charge in [0.25, 0.3) is 0 Å². The van der Waals surface area contributed by atoms with Crippen molar-refractivity contribution in [2.45, 2.75) is 118 Å². The van der Waals surface area contributed by atoms with Gasteiger partial charge >= 0.3 is 29.4 Å². The summed E-state index contributed by atoms with van der Waals surface area (Å²) in [6, 6.07) is 0. The van der Waals surface area contributed by atoms with Crippen molar-refractivity contribution in [2.24, 2.45) is 5.41 Å². The number of aliphatic carboxylic acids is 1. The summed E-state index contributed by atoms with van der Waals surface area (Å²) in [6.07, 6.45) is 4.98. The van der Waals surface area contributed by atoms with Crippen LogP contribution in [0.5, 0.6) is 0 Å². The Balaban J connectivity index is 0.0000115. The number of nitrogens with one attached hydrogen (secondary N) is 2. The molecule has 11 N–H and O–H groups in total. The van der Waals surface area contributed by atoms with Crippen molar-refractivity contribution in [3.05, 3.63) is 101 Å². The Hall–Kier alpha value is -6.01. The molecule has 8 bridgehead atoms. The Bertz CT molecular complexity index is 4270. The first-order valence-electron chi connectivity index (χ1n) is 27.7. The number of imidazole rings is 1. The molecule has 8 heterocycles. The molecule has 7 unspecified atom stereocenters. The molecule has 0 radical (unpaired) electrons. The third kappa shape index (κ3) is 17.0. The summed E-state index contributed by atoms with van der Waals surface area (Å²) >= 11 is 1.02. The summed E-state index contributed by atoms with van der Waals surface area (Å²) in [4.78, 5) is 123. The van der Waals surface area contributed by atoms with E-state index in [0.29, 0.717) is 33.9 Å². The van der Waals surface area contributed by atoms with E-state index in [9.17, 15) is 67.8 Å². The van der Waals surface area contributed by atoms with Crippen LogP contribution in [0, 0.1) is 33.1 Å². The molecule has 8 rings (SSSR count). The van der Waals surface area contributed by atoms with Crippen molar-refractivity contribution in [3.63, 3.8) is 0 Å². The fourth-order valence-electron chi connectivity index (χ4n) is 10.2. The number of hydrogen-bond donors (Lipinski definition) is 10. The normalized spacial score (nSPS) is 19.9. The van der Waals surface area contributed by atoms with Crippen LogP contribution in [0.3, 0.4) is 0 Å². The number of anilines is 1. The minimum Gasteiger partial charge on any atom is -0.657 e. The van der Waals surface area contributed by atoms with Crippen molar-refractivity contribution in [1.29, 1.82) is 0 Å². The van der Waals surface area contributed by atoms with Crippen LogP contribution in [0.4, 0.5) is 5.82 Å². The maximum Gasteiger partial charge on any atom is 0.481 e. The first kappa shape index (κ1) is 71.4. The van der Waals surface area contributed by atoms with Crippen molar-refractivity contribution < 1.29 is 110 Å². The van der Waals surface area contributed by atoms with Gasteiger partial charge in [-0.15, -0.1) is 44.2 Å². The fraction of sp³-hybridized carbons (Fsp3) is 0.436. The molecule has 2 aliphatic heterocycles. The first-order chi connectivity index (χ1) is 41.8. The number of rotatable bonds is 25. The number of nitrogen functional groups attached to an aromatic ring is 1.